The molecule has 20 heavy (non-hydrogen) atoms. The number of nitrogens with one attached hydrogen (secondary N) is 1. The number of halogens is 1. The molecule has 1 heterocycles. The minimum Gasteiger partial charge on any atom is -0.391 e. The second kappa shape index (κ2) is 4.41. The summed E-state index contributed by atoms with van der Waals surface area (Å²) in [6.45, 7) is 1.03. The summed E-state index contributed by atoms with van der Waals surface area (Å²) in [4.78, 5) is 1.70. The van der Waals surface area contributed by atoms with Crippen LogP contribution in [0.2, 0.25) is 0 Å². The number of benzene rings is 1. The smallest absolute Gasteiger partial charge is 0.240 e. The van der Waals surface area contributed by atoms with E-state index in [0.717, 1.165) is 18.9 Å². The van der Waals surface area contributed by atoms with Gasteiger partial charge in [-0.3, -0.25) is 0 Å². The summed E-state index contributed by atoms with van der Waals surface area (Å²) in [7, 11) is -2.35. The molecule has 1 aromatic rings. The molecule has 1 saturated carbocycles. The molecule has 7 heteroatoms. The lowest BCUT2D eigenvalue weighted by Gasteiger charge is -2.19. The summed E-state index contributed by atoms with van der Waals surface area (Å²) in [5.74, 6) is -0.578. The number of aliphatic hydroxyl groups excluding tert-OH is 1. The number of aliphatic hydroxyl groups is 1. The Bertz CT molecular complexity index is 643. The highest BCUT2D eigenvalue weighted by atomic mass is 32.2. The van der Waals surface area contributed by atoms with Crippen LogP contribution in [0.3, 0.4) is 0 Å². The van der Waals surface area contributed by atoms with E-state index < -0.39 is 21.9 Å². The molecule has 2 aliphatic rings. The maximum atomic E-state index is 14.2. The zero-order valence-corrected chi connectivity index (χ0v) is 12.0. The summed E-state index contributed by atoms with van der Waals surface area (Å²) in [5, 5.41) is 9.99. The van der Waals surface area contributed by atoms with Gasteiger partial charge >= 0.3 is 0 Å². The molecule has 1 unspecified atom stereocenters. The molecule has 1 aliphatic heterocycles. The fourth-order valence-corrected chi connectivity index (χ4v) is 3.56. The number of hydrogen-bond acceptors (Lipinski definition) is 4. The molecule has 0 amide bonds. The SMILES string of the molecule is CNS(=O)(=O)c1ccc(N2CC(O)C3(CC3)C2)c(F)c1. The van der Waals surface area contributed by atoms with Crippen LogP contribution in [0.15, 0.2) is 23.1 Å². The van der Waals surface area contributed by atoms with Crippen molar-refractivity contribution in [3.63, 3.8) is 0 Å². The van der Waals surface area contributed by atoms with Crippen molar-refractivity contribution in [2.75, 3.05) is 25.0 Å². The third kappa shape index (κ3) is 2.10. The highest BCUT2D eigenvalue weighted by molar-refractivity contribution is 7.89. The minimum atomic E-state index is -3.64. The Kier molecular flexibility index (Phi) is 3.04. The van der Waals surface area contributed by atoms with Crippen LogP contribution in [0.4, 0.5) is 10.1 Å². The van der Waals surface area contributed by atoms with Gasteiger partial charge in [0, 0.05) is 18.5 Å². The van der Waals surface area contributed by atoms with Gasteiger partial charge in [-0.25, -0.2) is 17.5 Å². The molecule has 1 spiro atoms. The molecule has 1 saturated heterocycles. The molecule has 110 valence electrons. The standard InChI is InChI=1S/C13H17FN2O3S/c1-15-20(18,19)9-2-3-11(10(14)6-9)16-7-12(17)13(8-16)4-5-13/h2-3,6,12,15,17H,4-5,7-8H2,1H3. The maximum Gasteiger partial charge on any atom is 0.240 e. The Morgan fingerprint density at radius 1 is 1.45 bits per heavy atom. The lowest BCUT2D eigenvalue weighted by atomic mass is 10.0. The third-order valence-corrected chi connectivity index (χ3v) is 5.75. The van der Waals surface area contributed by atoms with Crippen LogP contribution < -0.4 is 9.62 Å². The van der Waals surface area contributed by atoms with Crippen molar-refractivity contribution in [3.05, 3.63) is 24.0 Å². The Labute approximate surface area is 117 Å². The summed E-state index contributed by atoms with van der Waals surface area (Å²) in [6, 6.07) is 3.87. The van der Waals surface area contributed by atoms with E-state index >= 15 is 0 Å². The largest absolute Gasteiger partial charge is 0.391 e. The Morgan fingerprint density at radius 3 is 2.65 bits per heavy atom. The van der Waals surface area contributed by atoms with Crippen LogP contribution in [0.25, 0.3) is 0 Å². The second-order valence-electron chi connectivity index (χ2n) is 5.58. The normalized spacial score (nSPS) is 24.4. The highest BCUT2D eigenvalue weighted by Gasteiger charge is 2.54. The molecule has 0 radical (unpaired) electrons. The first-order valence-corrected chi connectivity index (χ1v) is 8.02. The number of sulfonamides is 1. The van der Waals surface area contributed by atoms with Gasteiger partial charge in [-0.15, -0.1) is 0 Å². The van der Waals surface area contributed by atoms with Gasteiger partial charge in [0.05, 0.1) is 16.7 Å². The predicted molar refractivity (Wildman–Crippen MR) is 72.5 cm³/mol. The van der Waals surface area contributed by atoms with Crippen LogP contribution in [0.1, 0.15) is 12.8 Å². The van der Waals surface area contributed by atoms with Crippen LogP contribution >= 0.6 is 0 Å². The number of β-amino-alcohol motifs (C(OH)–C–C–N with tert-alkyl or cyclic N) is 1. The first-order valence-electron chi connectivity index (χ1n) is 6.54. The van der Waals surface area contributed by atoms with Gasteiger partial charge in [-0.2, -0.15) is 0 Å². The quantitative estimate of drug-likeness (QED) is 0.862. The number of anilines is 1. The zero-order valence-electron chi connectivity index (χ0n) is 11.1. The Hall–Kier alpha value is -1.18. The minimum absolute atomic E-state index is 0.0673. The van der Waals surface area contributed by atoms with E-state index in [1.165, 1.54) is 19.2 Å². The van der Waals surface area contributed by atoms with Crippen molar-refractivity contribution in [2.45, 2.75) is 23.8 Å². The number of hydrogen-bond donors (Lipinski definition) is 2. The number of rotatable bonds is 3. The van der Waals surface area contributed by atoms with Gasteiger partial charge in [0.1, 0.15) is 5.82 Å². The molecule has 1 aliphatic carbocycles. The topological polar surface area (TPSA) is 69.6 Å². The predicted octanol–water partition coefficient (Wildman–Crippen LogP) is 0.695. The van der Waals surface area contributed by atoms with Crippen molar-refractivity contribution in [3.8, 4) is 0 Å². The molecule has 1 aromatic carbocycles. The fourth-order valence-electron chi connectivity index (χ4n) is 2.82. The second-order valence-corrected chi connectivity index (χ2v) is 7.47. The van der Waals surface area contributed by atoms with Crippen molar-refractivity contribution < 1.29 is 17.9 Å². The van der Waals surface area contributed by atoms with Gasteiger partial charge in [-0.1, -0.05) is 0 Å². The van der Waals surface area contributed by atoms with Gasteiger partial charge in [0.2, 0.25) is 10.0 Å². The van der Waals surface area contributed by atoms with E-state index in [-0.39, 0.29) is 10.3 Å². The third-order valence-electron chi connectivity index (χ3n) is 4.34. The van der Waals surface area contributed by atoms with Crippen LogP contribution in [0.5, 0.6) is 0 Å². The monoisotopic (exact) mass is 300 g/mol. The van der Waals surface area contributed by atoms with Gasteiger partial charge < -0.3 is 10.0 Å². The molecule has 2 N–H and O–H groups in total. The van der Waals surface area contributed by atoms with E-state index in [9.17, 15) is 17.9 Å². The van der Waals surface area contributed by atoms with E-state index in [2.05, 4.69) is 4.72 Å². The molecule has 5 nitrogen and oxygen atoms in total. The molecule has 0 aromatic heterocycles. The molecular formula is C13H17FN2O3S. The van der Waals surface area contributed by atoms with Gasteiger partial charge in [0.15, 0.2) is 0 Å². The van der Waals surface area contributed by atoms with Crippen molar-refractivity contribution >= 4 is 15.7 Å². The molecule has 2 fully saturated rings. The van der Waals surface area contributed by atoms with E-state index in [4.69, 9.17) is 0 Å². The molecule has 0 bridgehead atoms. The maximum absolute atomic E-state index is 14.2. The van der Waals surface area contributed by atoms with Gasteiger partial charge in [0.25, 0.3) is 0 Å². The van der Waals surface area contributed by atoms with Crippen molar-refractivity contribution in [1.82, 2.24) is 4.72 Å². The summed E-state index contributed by atoms with van der Waals surface area (Å²) >= 11 is 0. The number of nitrogens with zero attached hydrogens (tertiary/aromatic N) is 1. The summed E-state index contributed by atoms with van der Waals surface area (Å²) < 4.78 is 39.5. The summed E-state index contributed by atoms with van der Waals surface area (Å²) in [6.07, 6.45) is 1.51. The van der Waals surface area contributed by atoms with Crippen LogP contribution in [0, 0.1) is 11.2 Å². The highest BCUT2D eigenvalue weighted by Crippen LogP contribution is 2.53. The molecule has 1 atom stereocenters. The molecule has 3 rings (SSSR count). The van der Waals surface area contributed by atoms with Crippen LogP contribution in [-0.4, -0.2) is 39.8 Å². The van der Waals surface area contributed by atoms with E-state index in [1.54, 1.807) is 4.90 Å². The van der Waals surface area contributed by atoms with E-state index in [0.29, 0.717) is 18.8 Å². The van der Waals surface area contributed by atoms with E-state index in [1.807, 2.05) is 0 Å². The molecular weight excluding hydrogens is 283 g/mol. The summed E-state index contributed by atoms with van der Waals surface area (Å²) in [5.41, 5.74) is 0.283. The average molecular weight is 300 g/mol. The Morgan fingerprint density at radius 2 is 2.15 bits per heavy atom. The van der Waals surface area contributed by atoms with Crippen molar-refractivity contribution in [1.29, 1.82) is 0 Å². The average Bonchev–Trinajstić information content (AvgIpc) is 3.11. The zero-order chi connectivity index (χ0) is 14.5. The first-order chi connectivity index (χ1) is 9.38. The van der Waals surface area contributed by atoms with Gasteiger partial charge in [-0.05, 0) is 38.1 Å². The lowest BCUT2D eigenvalue weighted by molar-refractivity contribution is 0.136. The van der Waals surface area contributed by atoms with Crippen LogP contribution in [-0.2, 0) is 10.0 Å². The lowest BCUT2D eigenvalue weighted by Crippen LogP contribution is -2.23. The Balaban J connectivity index is 1.89. The first kappa shape index (κ1) is 13.8. The fraction of sp³-hybridized carbons (Fsp3) is 0.538. The van der Waals surface area contributed by atoms with Crippen molar-refractivity contribution in [2.24, 2.45) is 5.41 Å².